The minimum atomic E-state index is -0.166. The fraction of sp³-hybridized carbons (Fsp3) is 1.00. The van der Waals surface area contributed by atoms with Crippen molar-refractivity contribution in [3.63, 3.8) is 0 Å². The SMILES string of the molecule is CC(O)CCNC(C)C1CCCCC1. The van der Waals surface area contributed by atoms with Gasteiger partial charge in [-0.05, 0) is 45.6 Å². The Morgan fingerprint density at radius 2 is 1.86 bits per heavy atom. The molecule has 0 amide bonds. The van der Waals surface area contributed by atoms with E-state index in [0.717, 1.165) is 18.9 Å². The van der Waals surface area contributed by atoms with E-state index in [-0.39, 0.29) is 6.10 Å². The molecule has 14 heavy (non-hydrogen) atoms. The highest BCUT2D eigenvalue weighted by Gasteiger charge is 2.19. The van der Waals surface area contributed by atoms with Gasteiger partial charge in [-0.15, -0.1) is 0 Å². The molecule has 0 radical (unpaired) electrons. The fourth-order valence-corrected chi connectivity index (χ4v) is 2.32. The number of rotatable bonds is 5. The zero-order chi connectivity index (χ0) is 10.4. The normalized spacial score (nSPS) is 23.4. The molecule has 1 saturated carbocycles. The maximum Gasteiger partial charge on any atom is 0.0524 e. The van der Waals surface area contributed by atoms with Crippen LogP contribution < -0.4 is 5.32 Å². The van der Waals surface area contributed by atoms with Gasteiger partial charge in [0.25, 0.3) is 0 Å². The van der Waals surface area contributed by atoms with Gasteiger partial charge in [0.15, 0.2) is 0 Å². The smallest absolute Gasteiger partial charge is 0.0524 e. The maximum atomic E-state index is 9.14. The molecule has 2 N–H and O–H groups in total. The van der Waals surface area contributed by atoms with Crippen molar-refractivity contribution in [3.05, 3.63) is 0 Å². The summed E-state index contributed by atoms with van der Waals surface area (Å²) in [7, 11) is 0. The number of hydrogen-bond donors (Lipinski definition) is 2. The Hall–Kier alpha value is -0.0800. The molecule has 1 rings (SSSR count). The monoisotopic (exact) mass is 199 g/mol. The van der Waals surface area contributed by atoms with E-state index in [9.17, 15) is 0 Å². The van der Waals surface area contributed by atoms with Crippen LogP contribution in [0.25, 0.3) is 0 Å². The third-order valence-corrected chi connectivity index (χ3v) is 3.39. The summed E-state index contributed by atoms with van der Waals surface area (Å²) in [5, 5.41) is 12.7. The molecule has 2 atom stereocenters. The first-order valence-electron chi connectivity index (χ1n) is 6.11. The highest BCUT2D eigenvalue weighted by Crippen LogP contribution is 2.26. The summed E-state index contributed by atoms with van der Waals surface area (Å²) in [4.78, 5) is 0. The molecule has 0 bridgehead atoms. The van der Waals surface area contributed by atoms with Crippen LogP contribution in [0, 0.1) is 5.92 Å². The molecule has 2 unspecified atom stereocenters. The van der Waals surface area contributed by atoms with Crippen LogP contribution in [0.3, 0.4) is 0 Å². The number of nitrogens with one attached hydrogen (secondary N) is 1. The lowest BCUT2D eigenvalue weighted by Crippen LogP contribution is -2.36. The molecule has 0 aliphatic heterocycles. The summed E-state index contributed by atoms with van der Waals surface area (Å²) >= 11 is 0. The van der Waals surface area contributed by atoms with Crippen LogP contribution in [-0.2, 0) is 0 Å². The van der Waals surface area contributed by atoms with Crippen molar-refractivity contribution in [2.45, 2.75) is 64.5 Å². The molecule has 0 aromatic carbocycles. The van der Waals surface area contributed by atoms with Gasteiger partial charge in [-0.25, -0.2) is 0 Å². The molecule has 0 heterocycles. The number of aliphatic hydroxyl groups is 1. The second-order valence-electron chi connectivity index (χ2n) is 4.78. The first kappa shape index (κ1) is 12.0. The van der Waals surface area contributed by atoms with E-state index in [0.29, 0.717) is 6.04 Å². The molecule has 1 fully saturated rings. The molecule has 1 aliphatic carbocycles. The summed E-state index contributed by atoms with van der Waals surface area (Å²) in [6, 6.07) is 0.633. The predicted molar refractivity (Wildman–Crippen MR) is 60.3 cm³/mol. The molecule has 84 valence electrons. The Labute approximate surface area is 88.1 Å². The van der Waals surface area contributed by atoms with E-state index < -0.39 is 0 Å². The summed E-state index contributed by atoms with van der Waals surface area (Å²) in [6.45, 7) is 5.10. The number of hydrogen-bond acceptors (Lipinski definition) is 2. The van der Waals surface area contributed by atoms with Crippen molar-refractivity contribution in [2.75, 3.05) is 6.54 Å². The molecule has 1 aliphatic rings. The van der Waals surface area contributed by atoms with E-state index >= 15 is 0 Å². The Morgan fingerprint density at radius 3 is 2.43 bits per heavy atom. The van der Waals surface area contributed by atoms with E-state index in [2.05, 4.69) is 12.2 Å². The summed E-state index contributed by atoms with van der Waals surface area (Å²) in [5.41, 5.74) is 0. The molecule has 2 heteroatoms. The summed E-state index contributed by atoms with van der Waals surface area (Å²) in [5.74, 6) is 0.873. The third-order valence-electron chi connectivity index (χ3n) is 3.39. The summed E-state index contributed by atoms with van der Waals surface area (Å²) < 4.78 is 0. The van der Waals surface area contributed by atoms with Gasteiger partial charge >= 0.3 is 0 Å². The van der Waals surface area contributed by atoms with Crippen molar-refractivity contribution in [3.8, 4) is 0 Å². The fourth-order valence-electron chi connectivity index (χ4n) is 2.32. The lowest BCUT2D eigenvalue weighted by molar-refractivity contribution is 0.178. The Morgan fingerprint density at radius 1 is 1.21 bits per heavy atom. The van der Waals surface area contributed by atoms with Gasteiger partial charge in [0.1, 0.15) is 0 Å². The summed E-state index contributed by atoms with van der Waals surface area (Å²) in [6.07, 6.45) is 7.74. The first-order valence-corrected chi connectivity index (χ1v) is 6.11. The topological polar surface area (TPSA) is 32.3 Å². The first-order chi connectivity index (χ1) is 6.70. The minimum absolute atomic E-state index is 0.166. The van der Waals surface area contributed by atoms with Gasteiger partial charge in [-0.3, -0.25) is 0 Å². The van der Waals surface area contributed by atoms with Gasteiger partial charge in [0, 0.05) is 6.04 Å². The van der Waals surface area contributed by atoms with Gasteiger partial charge in [-0.2, -0.15) is 0 Å². The Kier molecular flexibility index (Phi) is 5.49. The van der Waals surface area contributed by atoms with Crippen molar-refractivity contribution >= 4 is 0 Å². The average molecular weight is 199 g/mol. The minimum Gasteiger partial charge on any atom is -0.393 e. The molecular formula is C12H25NO. The second-order valence-corrected chi connectivity index (χ2v) is 4.78. The van der Waals surface area contributed by atoms with Crippen LogP contribution in [0.2, 0.25) is 0 Å². The molecular weight excluding hydrogens is 174 g/mol. The van der Waals surface area contributed by atoms with Crippen molar-refractivity contribution < 1.29 is 5.11 Å². The lowest BCUT2D eigenvalue weighted by Gasteiger charge is -2.28. The molecule has 0 spiro atoms. The second kappa shape index (κ2) is 6.41. The van der Waals surface area contributed by atoms with Crippen molar-refractivity contribution in [1.29, 1.82) is 0 Å². The average Bonchev–Trinajstić information content (AvgIpc) is 2.18. The van der Waals surface area contributed by atoms with Gasteiger partial charge < -0.3 is 10.4 Å². The third kappa shape index (κ3) is 4.43. The van der Waals surface area contributed by atoms with E-state index in [1.165, 1.54) is 32.1 Å². The Balaban J connectivity index is 2.10. The van der Waals surface area contributed by atoms with Crippen LogP contribution in [0.4, 0.5) is 0 Å². The quantitative estimate of drug-likeness (QED) is 0.712. The molecule has 2 nitrogen and oxygen atoms in total. The highest BCUT2D eigenvalue weighted by atomic mass is 16.3. The Bertz CT molecular complexity index is 141. The van der Waals surface area contributed by atoms with E-state index in [1.54, 1.807) is 0 Å². The van der Waals surface area contributed by atoms with E-state index in [1.807, 2.05) is 6.92 Å². The van der Waals surface area contributed by atoms with Gasteiger partial charge in [0.05, 0.1) is 6.10 Å². The zero-order valence-corrected chi connectivity index (χ0v) is 9.63. The van der Waals surface area contributed by atoms with Crippen molar-refractivity contribution in [2.24, 2.45) is 5.92 Å². The largest absolute Gasteiger partial charge is 0.393 e. The van der Waals surface area contributed by atoms with Crippen LogP contribution >= 0.6 is 0 Å². The molecule has 0 aromatic rings. The standard InChI is InChI=1S/C12H25NO/c1-10(14)8-9-13-11(2)12-6-4-3-5-7-12/h10-14H,3-9H2,1-2H3. The zero-order valence-electron chi connectivity index (χ0n) is 9.63. The maximum absolute atomic E-state index is 9.14. The van der Waals surface area contributed by atoms with Crippen LogP contribution in [-0.4, -0.2) is 23.8 Å². The van der Waals surface area contributed by atoms with Gasteiger partial charge in [0.2, 0.25) is 0 Å². The highest BCUT2D eigenvalue weighted by molar-refractivity contribution is 4.75. The predicted octanol–water partition coefficient (Wildman–Crippen LogP) is 2.32. The molecule has 0 aromatic heterocycles. The van der Waals surface area contributed by atoms with Crippen molar-refractivity contribution in [1.82, 2.24) is 5.32 Å². The van der Waals surface area contributed by atoms with Crippen LogP contribution in [0.1, 0.15) is 52.4 Å². The van der Waals surface area contributed by atoms with Crippen LogP contribution in [0.15, 0.2) is 0 Å². The lowest BCUT2D eigenvalue weighted by atomic mass is 9.84. The van der Waals surface area contributed by atoms with Gasteiger partial charge in [-0.1, -0.05) is 19.3 Å². The van der Waals surface area contributed by atoms with E-state index in [4.69, 9.17) is 5.11 Å². The number of aliphatic hydroxyl groups excluding tert-OH is 1. The van der Waals surface area contributed by atoms with Crippen LogP contribution in [0.5, 0.6) is 0 Å². The molecule has 0 saturated heterocycles.